The number of esters is 1. The Morgan fingerprint density at radius 3 is 2.73 bits per heavy atom. The first-order chi connectivity index (χ1) is 12.4. The molecule has 0 saturated heterocycles. The van der Waals surface area contributed by atoms with Crippen molar-refractivity contribution in [3.05, 3.63) is 42.2 Å². The summed E-state index contributed by atoms with van der Waals surface area (Å²) in [5, 5.41) is 12.7. The zero-order valence-corrected chi connectivity index (χ0v) is 15.4. The minimum atomic E-state index is -0.748. The van der Waals surface area contributed by atoms with Gasteiger partial charge in [0, 0.05) is 17.4 Å². The van der Waals surface area contributed by atoms with Gasteiger partial charge in [0.05, 0.1) is 31.5 Å². The van der Waals surface area contributed by atoms with Crippen LogP contribution < -0.4 is 4.74 Å². The lowest BCUT2D eigenvalue weighted by atomic mass is 10.0. The lowest BCUT2D eigenvalue weighted by Crippen LogP contribution is -2.21. The van der Waals surface area contributed by atoms with Crippen molar-refractivity contribution in [2.24, 2.45) is 0 Å². The molecular formula is C21H24O5. The van der Waals surface area contributed by atoms with Crippen LogP contribution >= 0.6 is 0 Å². The SMILES string of the molecule is CCOC(=O)Cc1coc2cc3ccc(OCCC(C)(C)O)cc3cc12. The van der Waals surface area contributed by atoms with Crippen LogP contribution in [0.3, 0.4) is 0 Å². The minimum absolute atomic E-state index is 0.189. The molecule has 0 unspecified atom stereocenters. The van der Waals surface area contributed by atoms with Crippen LogP contribution in [0.5, 0.6) is 5.75 Å². The van der Waals surface area contributed by atoms with Gasteiger partial charge in [0.1, 0.15) is 11.3 Å². The van der Waals surface area contributed by atoms with Crippen LogP contribution in [-0.2, 0) is 16.0 Å². The van der Waals surface area contributed by atoms with Crippen LogP contribution in [0, 0.1) is 0 Å². The van der Waals surface area contributed by atoms with E-state index in [0.29, 0.717) is 19.6 Å². The molecule has 1 aromatic heterocycles. The van der Waals surface area contributed by atoms with Crippen LogP contribution in [0.1, 0.15) is 32.8 Å². The highest BCUT2D eigenvalue weighted by atomic mass is 16.5. The Morgan fingerprint density at radius 2 is 2.00 bits per heavy atom. The highest BCUT2D eigenvalue weighted by Crippen LogP contribution is 2.30. The van der Waals surface area contributed by atoms with E-state index in [4.69, 9.17) is 13.9 Å². The quantitative estimate of drug-likeness (QED) is 0.642. The molecule has 0 bridgehead atoms. The van der Waals surface area contributed by atoms with Gasteiger partial charge in [-0.3, -0.25) is 4.79 Å². The Kier molecular flexibility index (Phi) is 5.18. The molecule has 0 aliphatic carbocycles. The van der Waals surface area contributed by atoms with E-state index in [1.165, 1.54) is 0 Å². The van der Waals surface area contributed by atoms with E-state index < -0.39 is 5.60 Å². The Bertz CT molecular complexity index is 917. The summed E-state index contributed by atoms with van der Waals surface area (Å²) < 4.78 is 16.4. The first-order valence-corrected chi connectivity index (χ1v) is 8.80. The maximum Gasteiger partial charge on any atom is 0.310 e. The van der Waals surface area contributed by atoms with Crippen LogP contribution in [0.15, 0.2) is 41.0 Å². The topological polar surface area (TPSA) is 68.9 Å². The Morgan fingerprint density at radius 1 is 1.19 bits per heavy atom. The van der Waals surface area contributed by atoms with Gasteiger partial charge in [-0.15, -0.1) is 0 Å². The van der Waals surface area contributed by atoms with E-state index >= 15 is 0 Å². The Hall–Kier alpha value is -2.53. The van der Waals surface area contributed by atoms with Crippen molar-refractivity contribution >= 4 is 27.7 Å². The number of furan rings is 1. The van der Waals surface area contributed by atoms with E-state index in [1.807, 2.05) is 30.3 Å². The molecule has 1 heterocycles. The smallest absolute Gasteiger partial charge is 0.310 e. The molecule has 0 radical (unpaired) electrons. The summed E-state index contributed by atoms with van der Waals surface area (Å²) in [4.78, 5) is 11.8. The molecule has 138 valence electrons. The predicted molar refractivity (Wildman–Crippen MR) is 100 cm³/mol. The molecular weight excluding hydrogens is 332 g/mol. The van der Waals surface area contributed by atoms with Crippen molar-refractivity contribution in [1.29, 1.82) is 0 Å². The number of benzene rings is 2. The van der Waals surface area contributed by atoms with E-state index in [9.17, 15) is 9.90 Å². The fourth-order valence-corrected chi connectivity index (χ4v) is 2.81. The molecule has 0 saturated carbocycles. The normalized spacial score (nSPS) is 11.8. The fourth-order valence-electron chi connectivity index (χ4n) is 2.81. The molecule has 5 nitrogen and oxygen atoms in total. The molecule has 0 fully saturated rings. The van der Waals surface area contributed by atoms with Crippen LogP contribution in [0.4, 0.5) is 0 Å². The summed E-state index contributed by atoms with van der Waals surface area (Å²) in [5.41, 5.74) is 0.808. The van der Waals surface area contributed by atoms with Crippen molar-refractivity contribution in [2.45, 2.75) is 39.2 Å². The maximum absolute atomic E-state index is 11.8. The summed E-state index contributed by atoms with van der Waals surface area (Å²) in [6.07, 6.45) is 2.35. The molecule has 0 aliphatic heterocycles. The minimum Gasteiger partial charge on any atom is -0.493 e. The highest BCUT2D eigenvalue weighted by molar-refractivity contribution is 5.98. The van der Waals surface area contributed by atoms with Gasteiger partial charge >= 0.3 is 5.97 Å². The highest BCUT2D eigenvalue weighted by Gasteiger charge is 2.14. The zero-order valence-electron chi connectivity index (χ0n) is 15.4. The second-order valence-electron chi connectivity index (χ2n) is 7.01. The molecule has 3 rings (SSSR count). The predicted octanol–water partition coefficient (Wildman–Crippen LogP) is 4.23. The maximum atomic E-state index is 11.8. The lowest BCUT2D eigenvalue weighted by Gasteiger charge is -2.17. The monoisotopic (exact) mass is 356 g/mol. The standard InChI is InChI=1S/C21H24O5/c1-4-24-20(22)12-16-13-26-19-11-14-5-6-17(9-15(14)10-18(16)19)25-8-7-21(2,3)23/h5-6,9-11,13,23H,4,7-8,12H2,1-3H3. The van der Waals surface area contributed by atoms with Crippen molar-refractivity contribution in [3.8, 4) is 5.75 Å². The van der Waals surface area contributed by atoms with Gasteiger partial charge in [0.25, 0.3) is 0 Å². The van der Waals surface area contributed by atoms with Crippen LogP contribution in [0.25, 0.3) is 21.7 Å². The summed E-state index contributed by atoms with van der Waals surface area (Å²) in [6, 6.07) is 9.80. The number of fused-ring (bicyclic) bond motifs is 2. The average molecular weight is 356 g/mol. The third-order valence-electron chi connectivity index (χ3n) is 4.21. The number of hydrogen-bond donors (Lipinski definition) is 1. The fraction of sp³-hybridized carbons (Fsp3) is 0.381. The summed E-state index contributed by atoms with van der Waals surface area (Å²) >= 11 is 0. The first kappa shape index (κ1) is 18.3. The molecule has 26 heavy (non-hydrogen) atoms. The third kappa shape index (κ3) is 4.35. The zero-order chi connectivity index (χ0) is 18.7. The van der Waals surface area contributed by atoms with Crippen molar-refractivity contribution in [1.82, 2.24) is 0 Å². The van der Waals surface area contributed by atoms with E-state index in [1.54, 1.807) is 27.0 Å². The second kappa shape index (κ2) is 7.38. The molecule has 0 aliphatic rings. The Balaban J connectivity index is 1.85. The number of carbonyl (C=O) groups excluding carboxylic acids is 1. The van der Waals surface area contributed by atoms with Crippen LogP contribution in [0.2, 0.25) is 0 Å². The van der Waals surface area contributed by atoms with Gasteiger partial charge < -0.3 is 19.0 Å². The van der Waals surface area contributed by atoms with Gasteiger partial charge in [-0.05, 0) is 55.8 Å². The molecule has 0 spiro atoms. The van der Waals surface area contributed by atoms with Crippen molar-refractivity contribution in [2.75, 3.05) is 13.2 Å². The second-order valence-corrected chi connectivity index (χ2v) is 7.01. The van der Waals surface area contributed by atoms with E-state index in [-0.39, 0.29) is 12.4 Å². The average Bonchev–Trinajstić information content (AvgIpc) is 2.94. The molecule has 3 aromatic rings. The van der Waals surface area contributed by atoms with Gasteiger partial charge in [-0.25, -0.2) is 0 Å². The van der Waals surface area contributed by atoms with Crippen LogP contribution in [-0.4, -0.2) is 29.9 Å². The summed E-state index contributed by atoms with van der Waals surface area (Å²) in [7, 11) is 0. The largest absolute Gasteiger partial charge is 0.493 e. The first-order valence-electron chi connectivity index (χ1n) is 8.80. The van der Waals surface area contributed by atoms with Crippen molar-refractivity contribution in [3.63, 3.8) is 0 Å². The van der Waals surface area contributed by atoms with Gasteiger partial charge in [0.2, 0.25) is 0 Å². The molecule has 0 amide bonds. The lowest BCUT2D eigenvalue weighted by molar-refractivity contribution is -0.142. The third-order valence-corrected chi connectivity index (χ3v) is 4.21. The molecule has 5 heteroatoms. The molecule has 1 N–H and O–H groups in total. The number of rotatable bonds is 7. The summed E-state index contributed by atoms with van der Waals surface area (Å²) in [6.45, 7) is 6.12. The number of aliphatic hydroxyl groups is 1. The molecule has 2 aromatic carbocycles. The van der Waals surface area contributed by atoms with Gasteiger partial charge in [0.15, 0.2) is 0 Å². The number of ether oxygens (including phenoxy) is 2. The summed E-state index contributed by atoms with van der Waals surface area (Å²) in [5.74, 6) is 0.482. The Labute approximate surface area is 152 Å². The molecule has 0 atom stereocenters. The van der Waals surface area contributed by atoms with Gasteiger partial charge in [-0.2, -0.15) is 0 Å². The number of carbonyl (C=O) groups is 1. The van der Waals surface area contributed by atoms with E-state index in [2.05, 4.69) is 0 Å². The van der Waals surface area contributed by atoms with Crippen molar-refractivity contribution < 1.29 is 23.8 Å². The number of hydrogen-bond acceptors (Lipinski definition) is 5. The van der Waals surface area contributed by atoms with E-state index in [0.717, 1.165) is 33.1 Å². The van der Waals surface area contributed by atoms with Gasteiger partial charge in [-0.1, -0.05) is 6.07 Å².